The van der Waals surface area contributed by atoms with Crippen LogP contribution in [0.4, 0.5) is 4.39 Å². The van der Waals surface area contributed by atoms with E-state index in [1.165, 1.54) is 16.4 Å². The van der Waals surface area contributed by atoms with Crippen LogP contribution in [0.1, 0.15) is 0 Å². The largest absolute Gasteiger partial charge is 0.491 e. The van der Waals surface area contributed by atoms with Crippen LogP contribution in [0, 0.1) is 5.82 Å². The molecule has 1 aliphatic heterocycles. The monoisotopic (exact) mass is 401 g/mol. The molecule has 1 fully saturated rings. The van der Waals surface area contributed by atoms with Crippen LogP contribution in [0.2, 0.25) is 0 Å². The summed E-state index contributed by atoms with van der Waals surface area (Å²) < 4.78 is 53.3. The zero-order valence-corrected chi connectivity index (χ0v) is 15.9. The van der Waals surface area contributed by atoms with Gasteiger partial charge in [-0.3, -0.25) is 0 Å². The standard InChI is InChI=1S/C21H20FNO4S/c22-20-10-11-21(19-9-5-4-8-18(19)20)28(24,25)23-12-13-26-17(14-23)15-27-16-6-2-1-3-7-16/h1-11,17H,12-15H2/t17-/m0/s1. The van der Waals surface area contributed by atoms with Gasteiger partial charge in [0.15, 0.2) is 0 Å². The zero-order chi connectivity index (χ0) is 19.6. The lowest BCUT2D eigenvalue weighted by Gasteiger charge is -2.32. The Labute approximate surface area is 163 Å². The van der Waals surface area contributed by atoms with E-state index in [0.717, 1.165) is 0 Å². The normalized spacial score (nSPS) is 18.2. The number of rotatable bonds is 5. The Morgan fingerprint density at radius 3 is 2.50 bits per heavy atom. The van der Waals surface area contributed by atoms with Gasteiger partial charge in [0.05, 0.1) is 11.5 Å². The van der Waals surface area contributed by atoms with E-state index >= 15 is 0 Å². The maximum absolute atomic E-state index is 14.1. The van der Waals surface area contributed by atoms with Gasteiger partial charge in [-0.25, -0.2) is 12.8 Å². The van der Waals surface area contributed by atoms with Gasteiger partial charge in [0, 0.05) is 23.9 Å². The van der Waals surface area contributed by atoms with Crippen LogP contribution in [0.25, 0.3) is 10.8 Å². The number of hydrogen-bond donors (Lipinski definition) is 0. The molecule has 0 aliphatic carbocycles. The summed E-state index contributed by atoms with van der Waals surface area (Å²) in [5.41, 5.74) is 0. The van der Waals surface area contributed by atoms with Gasteiger partial charge in [-0.05, 0) is 24.3 Å². The smallest absolute Gasteiger partial charge is 0.243 e. The molecule has 1 aliphatic rings. The Balaban J connectivity index is 1.55. The molecule has 0 aromatic heterocycles. The molecule has 3 aromatic carbocycles. The van der Waals surface area contributed by atoms with Crippen LogP contribution >= 0.6 is 0 Å². The predicted octanol–water partition coefficient (Wildman–Crippen LogP) is 3.45. The van der Waals surface area contributed by atoms with Gasteiger partial charge in [-0.1, -0.05) is 42.5 Å². The number of ether oxygens (including phenoxy) is 2. The van der Waals surface area contributed by atoms with E-state index in [-0.39, 0.29) is 37.3 Å². The molecule has 1 atom stereocenters. The summed E-state index contributed by atoms with van der Waals surface area (Å²) in [7, 11) is -3.79. The van der Waals surface area contributed by atoms with E-state index < -0.39 is 15.8 Å². The molecule has 0 spiro atoms. The highest BCUT2D eigenvalue weighted by molar-refractivity contribution is 7.89. The van der Waals surface area contributed by atoms with E-state index in [4.69, 9.17) is 9.47 Å². The Morgan fingerprint density at radius 2 is 1.71 bits per heavy atom. The fourth-order valence-electron chi connectivity index (χ4n) is 3.32. The average molecular weight is 401 g/mol. The maximum Gasteiger partial charge on any atom is 0.243 e. The summed E-state index contributed by atoms with van der Waals surface area (Å²) in [4.78, 5) is 0.106. The lowest BCUT2D eigenvalue weighted by molar-refractivity contribution is -0.0249. The summed E-state index contributed by atoms with van der Waals surface area (Å²) in [6.45, 7) is 0.956. The molecule has 3 aromatic rings. The van der Waals surface area contributed by atoms with Gasteiger partial charge in [-0.2, -0.15) is 4.31 Å². The minimum atomic E-state index is -3.79. The third-order valence-corrected chi connectivity index (χ3v) is 6.65. The SMILES string of the molecule is O=S(=O)(c1ccc(F)c2ccccc12)N1CCO[C@H](COc2ccccc2)C1. The van der Waals surface area contributed by atoms with Crippen molar-refractivity contribution < 1.29 is 22.3 Å². The highest BCUT2D eigenvalue weighted by Gasteiger charge is 2.32. The Kier molecular flexibility index (Phi) is 5.30. The Hall–Kier alpha value is -2.48. The molecule has 0 amide bonds. The molecule has 0 unspecified atom stereocenters. The first kappa shape index (κ1) is 18.9. The van der Waals surface area contributed by atoms with Crippen molar-refractivity contribution in [1.29, 1.82) is 0 Å². The highest BCUT2D eigenvalue weighted by Crippen LogP contribution is 2.28. The molecule has 28 heavy (non-hydrogen) atoms. The third kappa shape index (κ3) is 3.73. The molecule has 0 bridgehead atoms. The van der Waals surface area contributed by atoms with E-state index in [1.807, 2.05) is 30.3 Å². The molecule has 0 N–H and O–H groups in total. The molecule has 1 heterocycles. The Morgan fingerprint density at radius 1 is 1.00 bits per heavy atom. The predicted molar refractivity (Wildman–Crippen MR) is 104 cm³/mol. The Bertz CT molecular complexity index is 1070. The van der Waals surface area contributed by atoms with Gasteiger partial charge >= 0.3 is 0 Å². The second-order valence-corrected chi connectivity index (χ2v) is 8.48. The number of para-hydroxylation sites is 1. The minimum Gasteiger partial charge on any atom is -0.491 e. The van der Waals surface area contributed by atoms with Crippen molar-refractivity contribution in [2.75, 3.05) is 26.3 Å². The van der Waals surface area contributed by atoms with Crippen molar-refractivity contribution in [3.8, 4) is 5.75 Å². The van der Waals surface area contributed by atoms with Crippen molar-refractivity contribution >= 4 is 20.8 Å². The van der Waals surface area contributed by atoms with Crippen LogP contribution < -0.4 is 4.74 Å². The fourth-order valence-corrected chi connectivity index (χ4v) is 4.97. The van der Waals surface area contributed by atoms with Crippen LogP contribution in [0.15, 0.2) is 71.6 Å². The van der Waals surface area contributed by atoms with Gasteiger partial charge in [0.2, 0.25) is 10.0 Å². The van der Waals surface area contributed by atoms with E-state index in [2.05, 4.69) is 0 Å². The first-order valence-corrected chi connectivity index (χ1v) is 10.5. The zero-order valence-electron chi connectivity index (χ0n) is 15.1. The topological polar surface area (TPSA) is 55.8 Å². The van der Waals surface area contributed by atoms with Gasteiger partial charge in [-0.15, -0.1) is 0 Å². The highest BCUT2D eigenvalue weighted by atomic mass is 32.2. The van der Waals surface area contributed by atoms with Crippen LogP contribution in [-0.2, 0) is 14.8 Å². The van der Waals surface area contributed by atoms with E-state index in [0.29, 0.717) is 16.5 Å². The summed E-state index contributed by atoms with van der Waals surface area (Å²) in [6, 6.07) is 18.4. The van der Waals surface area contributed by atoms with Crippen LogP contribution in [0.3, 0.4) is 0 Å². The molecule has 146 valence electrons. The van der Waals surface area contributed by atoms with Gasteiger partial charge in [0.25, 0.3) is 0 Å². The summed E-state index contributed by atoms with van der Waals surface area (Å²) >= 11 is 0. The molecular weight excluding hydrogens is 381 g/mol. The molecule has 5 nitrogen and oxygen atoms in total. The molecular formula is C21H20FNO4S. The second kappa shape index (κ2) is 7.87. The number of sulfonamides is 1. The number of benzene rings is 3. The first-order valence-electron chi connectivity index (χ1n) is 9.02. The molecule has 7 heteroatoms. The molecule has 4 rings (SSSR count). The quantitative estimate of drug-likeness (QED) is 0.657. The minimum absolute atomic E-state index is 0.106. The van der Waals surface area contributed by atoms with Crippen LogP contribution in [0.5, 0.6) is 5.75 Å². The van der Waals surface area contributed by atoms with Crippen molar-refractivity contribution in [2.24, 2.45) is 0 Å². The first-order chi connectivity index (χ1) is 13.6. The number of hydrogen-bond acceptors (Lipinski definition) is 4. The number of nitrogens with zero attached hydrogens (tertiary/aromatic N) is 1. The van der Waals surface area contributed by atoms with Crippen molar-refractivity contribution in [3.05, 3.63) is 72.5 Å². The van der Waals surface area contributed by atoms with Crippen molar-refractivity contribution in [1.82, 2.24) is 4.31 Å². The van der Waals surface area contributed by atoms with Crippen molar-refractivity contribution in [3.63, 3.8) is 0 Å². The third-order valence-electron chi connectivity index (χ3n) is 4.73. The summed E-state index contributed by atoms with van der Waals surface area (Å²) in [6.07, 6.45) is -0.379. The average Bonchev–Trinajstić information content (AvgIpc) is 2.73. The fraction of sp³-hybridized carbons (Fsp3) is 0.238. The maximum atomic E-state index is 14.1. The lowest BCUT2D eigenvalue weighted by Crippen LogP contribution is -2.47. The lowest BCUT2D eigenvalue weighted by atomic mass is 10.1. The number of halogens is 1. The molecule has 0 saturated carbocycles. The van der Waals surface area contributed by atoms with E-state index in [9.17, 15) is 12.8 Å². The van der Waals surface area contributed by atoms with E-state index in [1.54, 1.807) is 24.3 Å². The second-order valence-electron chi connectivity index (χ2n) is 6.57. The molecule has 1 saturated heterocycles. The number of fused-ring (bicyclic) bond motifs is 1. The summed E-state index contributed by atoms with van der Waals surface area (Å²) in [5, 5.41) is 0.673. The van der Waals surface area contributed by atoms with Crippen LogP contribution in [-0.4, -0.2) is 45.1 Å². The molecule has 0 radical (unpaired) electrons. The summed E-state index contributed by atoms with van der Waals surface area (Å²) in [5.74, 6) is 0.265. The van der Waals surface area contributed by atoms with Gasteiger partial charge < -0.3 is 9.47 Å². The van der Waals surface area contributed by atoms with Crippen molar-refractivity contribution in [2.45, 2.75) is 11.0 Å². The number of morpholine rings is 1. The van der Waals surface area contributed by atoms with Gasteiger partial charge in [0.1, 0.15) is 24.3 Å².